The maximum Gasteiger partial charge on any atom is 0.126 e. The van der Waals surface area contributed by atoms with Gasteiger partial charge in [0.2, 0.25) is 0 Å². The van der Waals surface area contributed by atoms with Crippen LogP contribution in [0, 0.1) is 12.7 Å². The van der Waals surface area contributed by atoms with Crippen LogP contribution in [0.4, 0.5) is 4.39 Å². The Morgan fingerprint density at radius 3 is 2.47 bits per heavy atom. The number of benzene rings is 2. The first-order valence-corrected chi connectivity index (χ1v) is 6.65. The van der Waals surface area contributed by atoms with Gasteiger partial charge < -0.3 is 5.32 Å². The number of halogens is 1. The van der Waals surface area contributed by atoms with E-state index in [9.17, 15) is 4.39 Å². The number of aryl methyl sites for hydroxylation is 1. The summed E-state index contributed by atoms with van der Waals surface area (Å²) in [6.45, 7) is 2.68. The minimum Gasteiger partial charge on any atom is -0.319 e. The van der Waals surface area contributed by atoms with Crippen LogP contribution in [-0.2, 0) is 6.42 Å². The van der Waals surface area contributed by atoms with Gasteiger partial charge in [-0.3, -0.25) is 0 Å². The Labute approximate surface area is 114 Å². The number of rotatable bonds is 5. The summed E-state index contributed by atoms with van der Waals surface area (Å²) in [4.78, 5) is 0. The topological polar surface area (TPSA) is 12.0 Å². The normalized spacial score (nSPS) is 12.4. The Morgan fingerprint density at radius 2 is 1.84 bits per heavy atom. The molecule has 0 saturated heterocycles. The summed E-state index contributed by atoms with van der Waals surface area (Å²) in [7, 11) is 1.95. The van der Waals surface area contributed by atoms with E-state index in [2.05, 4.69) is 17.4 Å². The van der Waals surface area contributed by atoms with E-state index in [1.807, 2.05) is 37.4 Å². The Hall–Kier alpha value is -1.67. The zero-order valence-corrected chi connectivity index (χ0v) is 11.5. The average Bonchev–Trinajstić information content (AvgIpc) is 2.43. The fourth-order valence-electron chi connectivity index (χ4n) is 2.33. The molecule has 2 heteroatoms. The molecule has 1 atom stereocenters. The Balaban J connectivity index is 2.19. The van der Waals surface area contributed by atoms with Crippen LogP contribution in [0.3, 0.4) is 0 Å². The van der Waals surface area contributed by atoms with Crippen molar-refractivity contribution >= 4 is 0 Å². The minimum atomic E-state index is -0.117. The fourth-order valence-corrected chi connectivity index (χ4v) is 2.33. The van der Waals surface area contributed by atoms with Gasteiger partial charge in [0.1, 0.15) is 5.82 Å². The molecular weight excluding hydrogens is 237 g/mol. The lowest BCUT2D eigenvalue weighted by molar-refractivity contribution is 0.603. The molecule has 1 nitrogen and oxygen atoms in total. The van der Waals surface area contributed by atoms with Crippen LogP contribution in [0.15, 0.2) is 48.5 Å². The van der Waals surface area contributed by atoms with Crippen molar-refractivity contribution in [3.05, 3.63) is 71.0 Å². The highest BCUT2D eigenvalue weighted by molar-refractivity contribution is 5.27. The Kier molecular flexibility index (Phi) is 4.69. The van der Waals surface area contributed by atoms with E-state index in [1.165, 1.54) is 5.56 Å². The molecule has 0 amide bonds. The third kappa shape index (κ3) is 3.65. The molecule has 0 saturated carbocycles. The third-order valence-corrected chi connectivity index (χ3v) is 3.44. The highest BCUT2D eigenvalue weighted by atomic mass is 19.1. The van der Waals surface area contributed by atoms with Crippen LogP contribution in [0.2, 0.25) is 0 Å². The number of hydrogen-bond acceptors (Lipinski definition) is 1. The molecule has 0 radical (unpaired) electrons. The predicted molar refractivity (Wildman–Crippen MR) is 78.0 cm³/mol. The summed E-state index contributed by atoms with van der Waals surface area (Å²) in [6.07, 6.45) is 0.849. The van der Waals surface area contributed by atoms with Crippen molar-refractivity contribution in [1.82, 2.24) is 5.32 Å². The maximum atomic E-state index is 13.6. The molecule has 0 bridgehead atoms. The third-order valence-electron chi connectivity index (χ3n) is 3.44. The van der Waals surface area contributed by atoms with Crippen LogP contribution in [0.25, 0.3) is 0 Å². The van der Waals surface area contributed by atoms with Crippen LogP contribution in [-0.4, -0.2) is 13.6 Å². The molecule has 2 aromatic rings. The maximum absolute atomic E-state index is 13.6. The summed E-state index contributed by atoms with van der Waals surface area (Å²) < 4.78 is 13.6. The second-order valence-corrected chi connectivity index (χ2v) is 4.95. The van der Waals surface area contributed by atoms with Gasteiger partial charge in [0.25, 0.3) is 0 Å². The van der Waals surface area contributed by atoms with E-state index in [0.29, 0.717) is 11.5 Å². The molecule has 19 heavy (non-hydrogen) atoms. The molecule has 0 aliphatic rings. The first-order valence-electron chi connectivity index (χ1n) is 6.65. The highest BCUT2D eigenvalue weighted by Crippen LogP contribution is 2.21. The summed E-state index contributed by atoms with van der Waals surface area (Å²) >= 11 is 0. The summed E-state index contributed by atoms with van der Waals surface area (Å²) in [6, 6.07) is 15.9. The van der Waals surface area contributed by atoms with Gasteiger partial charge in [0, 0.05) is 12.5 Å². The lowest BCUT2D eigenvalue weighted by atomic mass is 9.91. The van der Waals surface area contributed by atoms with Crippen LogP contribution in [0.5, 0.6) is 0 Å². The molecule has 0 spiro atoms. The van der Waals surface area contributed by atoms with Crippen molar-refractivity contribution in [2.45, 2.75) is 19.3 Å². The smallest absolute Gasteiger partial charge is 0.126 e. The van der Waals surface area contributed by atoms with Crippen molar-refractivity contribution < 1.29 is 4.39 Å². The van der Waals surface area contributed by atoms with Crippen molar-refractivity contribution in [3.8, 4) is 0 Å². The molecule has 0 aliphatic heterocycles. The second kappa shape index (κ2) is 6.48. The van der Waals surface area contributed by atoms with Gasteiger partial charge >= 0.3 is 0 Å². The predicted octanol–water partition coefficient (Wildman–Crippen LogP) is 3.68. The van der Waals surface area contributed by atoms with Crippen molar-refractivity contribution in [1.29, 1.82) is 0 Å². The van der Waals surface area contributed by atoms with Crippen LogP contribution >= 0.6 is 0 Å². The number of likely N-dealkylation sites (N-methyl/N-ethyl adjacent to an activating group) is 1. The monoisotopic (exact) mass is 257 g/mol. The van der Waals surface area contributed by atoms with E-state index in [-0.39, 0.29) is 5.82 Å². The van der Waals surface area contributed by atoms with E-state index in [4.69, 9.17) is 0 Å². The molecule has 1 N–H and O–H groups in total. The van der Waals surface area contributed by atoms with Gasteiger partial charge in [-0.05, 0) is 43.1 Å². The summed E-state index contributed by atoms with van der Waals surface area (Å²) in [5.41, 5.74) is 3.04. The Bertz CT molecular complexity index is 522. The van der Waals surface area contributed by atoms with E-state index in [0.717, 1.165) is 18.5 Å². The van der Waals surface area contributed by atoms with Crippen molar-refractivity contribution in [2.24, 2.45) is 0 Å². The molecule has 1 unspecified atom stereocenters. The lowest BCUT2D eigenvalue weighted by Gasteiger charge is -2.17. The van der Waals surface area contributed by atoms with E-state index >= 15 is 0 Å². The molecular formula is C17H20FN. The molecule has 2 aromatic carbocycles. The van der Waals surface area contributed by atoms with Crippen LogP contribution < -0.4 is 5.32 Å². The van der Waals surface area contributed by atoms with Gasteiger partial charge in [-0.25, -0.2) is 4.39 Å². The van der Waals surface area contributed by atoms with Crippen molar-refractivity contribution in [3.63, 3.8) is 0 Å². The molecule has 0 fully saturated rings. The summed E-state index contributed by atoms with van der Waals surface area (Å²) in [5, 5.41) is 3.22. The second-order valence-electron chi connectivity index (χ2n) is 4.95. The first-order chi connectivity index (χ1) is 9.20. The van der Waals surface area contributed by atoms with Gasteiger partial charge in [-0.2, -0.15) is 0 Å². The average molecular weight is 257 g/mol. The molecule has 0 heterocycles. The standard InChI is InChI=1S/C17H20FN/c1-13-8-9-14(11-17(13)18)10-16(12-19-2)15-6-4-3-5-7-15/h3-9,11,16,19H,10,12H2,1-2H3. The van der Waals surface area contributed by atoms with E-state index < -0.39 is 0 Å². The van der Waals surface area contributed by atoms with Crippen molar-refractivity contribution in [2.75, 3.05) is 13.6 Å². The number of hydrogen-bond donors (Lipinski definition) is 1. The SMILES string of the molecule is CNCC(Cc1ccc(C)c(F)c1)c1ccccc1. The first kappa shape index (κ1) is 13.8. The zero-order valence-electron chi connectivity index (χ0n) is 11.5. The zero-order chi connectivity index (χ0) is 13.7. The largest absolute Gasteiger partial charge is 0.319 e. The lowest BCUT2D eigenvalue weighted by Crippen LogP contribution is -2.19. The molecule has 2 rings (SSSR count). The Morgan fingerprint density at radius 1 is 1.11 bits per heavy atom. The van der Waals surface area contributed by atoms with Crippen LogP contribution in [0.1, 0.15) is 22.6 Å². The minimum absolute atomic E-state index is 0.117. The highest BCUT2D eigenvalue weighted by Gasteiger charge is 2.12. The fraction of sp³-hybridized carbons (Fsp3) is 0.294. The van der Waals surface area contributed by atoms with Gasteiger partial charge in [-0.1, -0.05) is 42.5 Å². The van der Waals surface area contributed by atoms with Gasteiger partial charge in [0.15, 0.2) is 0 Å². The molecule has 100 valence electrons. The summed E-state index contributed by atoms with van der Waals surface area (Å²) in [5.74, 6) is 0.252. The van der Waals surface area contributed by atoms with Gasteiger partial charge in [0.05, 0.1) is 0 Å². The molecule has 0 aliphatic carbocycles. The molecule has 0 aromatic heterocycles. The van der Waals surface area contributed by atoms with Gasteiger partial charge in [-0.15, -0.1) is 0 Å². The number of nitrogens with one attached hydrogen (secondary N) is 1. The quantitative estimate of drug-likeness (QED) is 0.861. The van der Waals surface area contributed by atoms with E-state index in [1.54, 1.807) is 13.0 Å².